The zero-order valence-electron chi connectivity index (χ0n) is 11.7. The fourth-order valence-electron chi connectivity index (χ4n) is 2.01. The van der Waals surface area contributed by atoms with Crippen LogP contribution >= 0.6 is 0 Å². The Morgan fingerprint density at radius 1 is 1.35 bits per heavy atom. The molecule has 0 atom stereocenters. The molecular weight excluding hydrogens is 214 g/mol. The van der Waals surface area contributed by atoms with Crippen molar-refractivity contribution in [2.24, 2.45) is 5.41 Å². The van der Waals surface area contributed by atoms with Crippen LogP contribution in [0.4, 0.5) is 0 Å². The summed E-state index contributed by atoms with van der Waals surface area (Å²) < 4.78 is 0. The number of piperidine rings is 1. The van der Waals surface area contributed by atoms with Gasteiger partial charge in [0, 0.05) is 12.6 Å². The van der Waals surface area contributed by atoms with Gasteiger partial charge in [-0.25, -0.2) is 0 Å². The van der Waals surface area contributed by atoms with E-state index in [0.29, 0.717) is 12.6 Å². The Balaban J connectivity index is 2.23. The molecule has 1 heterocycles. The Morgan fingerprint density at radius 3 is 2.47 bits per heavy atom. The molecule has 2 N–H and O–H groups in total. The number of likely N-dealkylation sites (tertiary alicyclic amines) is 1. The first-order valence-corrected chi connectivity index (χ1v) is 6.60. The molecule has 0 aromatic rings. The van der Waals surface area contributed by atoms with Gasteiger partial charge in [-0.1, -0.05) is 20.8 Å². The van der Waals surface area contributed by atoms with Gasteiger partial charge in [0.05, 0.1) is 6.54 Å². The van der Waals surface area contributed by atoms with Crippen LogP contribution in [0.2, 0.25) is 0 Å². The van der Waals surface area contributed by atoms with E-state index in [1.54, 1.807) is 0 Å². The van der Waals surface area contributed by atoms with Crippen LogP contribution in [0, 0.1) is 5.41 Å². The molecule has 1 aliphatic rings. The zero-order chi connectivity index (χ0) is 12.9. The number of rotatable bonds is 5. The largest absolute Gasteiger partial charge is 0.354 e. The van der Waals surface area contributed by atoms with Crippen molar-refractivity contribution in [3.05, 3.63) is 0 Å². The molecule has 1 amide bonds. The third-order valence-electron chi connectivity index (χ3n) is 3.58. The van der Waals surface area contributed by atoms with E-state index in [4.69, 9.17) is 0 Å². The predicted octanol–water partition coefficient (Wildman–Crippen LogP) is 0.833. The van der Waals surface area contributed by atoms with Gasteiger partial charge in [-0.15, -0.1) is 0 Å². The van der Waals surface area contributed by atoms with E-state index < -0.39 is 0 Å². The lowest BCUT2D eigenvalue weighted by molar-refractivity contribution is -0.121. The van der Waals surface area contributed by atoms with Crippen molar-refractivity contribution >= 4 is 5.91 Å². The summed E-state index contributed by atoms with van der Waals surface area (Å²) in [4.78, 5) is 14.0. The van der Waals surface area contributed by atoms with E-state index in [2.05, 4.69) is 29.5 Å². The number of nitrogens with one attached hydrogen (secondary N) is 2. The van der Waals surface area contributed by atoms with Crippen molar-refractivity contribution in [3.8, 4) is 0 Å². The van der Waals surface area contributed by atoms with Gasteiger partial charge in [-0.05, 0) is 38.4 Å². The molecule has 17 heavy (non-hydrogen) atoms. The van der Waals surface area contributed by atoms with E-state index in [1.807, 2.05) is 13.8 Å². The van der Waals surface area contributed by atoms with Crippen molar-refractivity contribution in [1.29, 1.82) is 0 Å². The van der Waals surface area contributed by atoms with E-state index in [1.165, 1.54) is 12.8 Å². The van der Waals surface area contributed by atoms with E-state index >= 15 is 0 Å². The van der Waals surface area contributed by atoms with E-state index in [0.717, 1.165) is 19.6 Å². The van der Waals surface area contributed by atoms with Gasteiger partial charge in [0.25, 0.3) is 0 Å². The number of carbonyl (C=O) groups is 1. The number of hydrogen-bond acceptors (Lipinski definition) is 3. The van der Waals surface area contributed by atoms with Crippen molar-refractivity contribution in [1.82, 2.24) is 15.5 Å². The van der Waals surface area contributed by atoms with Gasteiger partial charge in [0.1, 0.15) is 0 Å². The number of nitrogens with zero attached hydrogens (tertiary/aromatic N) is 1. The van der Waals surface area contributed by atoms with Crippen molar-refractivity contribution in [2.75, 3.05) is 33.2 Å². The Hall–Kier alpha value is -0.610. The summed E-state index contributed by atoms with van der Waals surface area (Å²) in [5.41, 5.74) is 0.278. The van der Waals surface area contributed by atoms with Crippen LogP contribution in [0.1, 0.15) is 33.6 Å². The molecule has 0 unspecified atom stereocenters. The molecule has 0 radical (unpaired) electrons. The molecule has 4 heteroatoms. The summed E-state index contributed by atoms with van der Waals surface area (Å²) in [6, 6.07) is 0.361. The maximum absolute atomic E-state index is 11.6. The lowest BCUT2D eigenvalue weighted by Crippen LogP contribution is -2.45. The predicted molar refractivity (Wildman–Crippen MR) is 71.0 cm³/mol. The summed E-state index contributed by atoms with van der Waals surface area (Å²) >= 11 is 0. The van der Waals surface area contributed by atoms with Gasteiger partial charge in [0.15, 0.2) is 0 Å². The molecule has 1 aliphatic heterocycles. The van der Waals surface area contributed by atoms with Crippen LogP contribution in [0.3, 0.4) is 0 Å². The average molecular weight is 241 g/mol. The Morgan fingerprint density at radius 2 is 1.94 bits per heavy atom. The highest BCUT2D eigenvalue weighted by Crippen LogP contribution is 2.29. The highest BCUT2D eigenvalue weighted by atomic mass is 16.1. The quantitative estimate of drug-likeness (QED) is 0.749. The second-order valence-electron chi connectivity index (χ2n) is 5.93. The lowest BCUT2D eigenvalue weighted by atomic mass is 9.80. The maximum Gasteiger partial charge on any atom is 0.233 e. The van der Waals surface area contributed by atoms with Gasteiger partial charge in [0.2, 0.25) is 5.91 Å². The molecule has 0 bridgehead atoms. The van der Waals surface area contributed by atoms with Crippen LogP contribution < -0.4 is 10.6 Å². The molecule has 0 saturated carbocycles. The monoisotopic (exact) mass is 241 g/mol. The Kier molecular flexibility index (Phi) is 5.40. The minimum absolute atomic E-state index is 0.110. The highest BCUT2D eigenvalue weighted by molar-refractivity contribution is 5.78. The van der Waals surface area contributed by atoms with Gasteiger partial charge < -0.3 is 15.5 Å². The topological polar surface area (TPSA) is 44.4 Å². The molecular formula is C13H27N3O. The van der Waals surface area contributed by atoms with Crippen molar-refractivity contribution in [3.63, 3.8) is 0 Å². The van der Waals surface area contributed by atoms with Gasteiger partial charge >= 0.3 is 0 Å². The summed E-state index contributed by atoms with van der Waals surface area (Å²) in [6.07, 6.45) is 2.34. The third-order valence-corrected chi connectivity index (χ3v) is 3.58. The third kappa shape index (κ3) is 5.50. The molecule has 100 valence electrons. The second-order valence-corrected chi connectivity index (χ2v) is 5.93. The Labute approximate surface area is 105 Å². The van der Waals surface area contributed by atoms with Crippen LogP contribution in [0.25, 0.3) is 0 Å². The lowest BCUT2D eigenvalue weighted by Gasteiger charge is -2.38. The first kappa shape index (κ1) is 14.5. The van der Waals surface area contributed by atoms with Gasteiger partial charge in [-0.2, -0.15) is 0 Å². The molecule has 1 rings (SSSR count). The standard InChI is InChI=1S/C13H27N3O/c1-11(2)14-9-12(17)15-10-13(3)5-7-16(4)8-6-13/h11,14H,5-10H2,1-4H3,(H,15,17). The van der Waals surface area contributed by atoms with Crippen LogP contribution in [0.5, 0.6) is 0 Å². The zero-order valence-corrected chi connectivity index (χ0v) is 11.7. The first-order valence-electron chi connectivity index (χ1n) is 6.60. The van der Waals surface area contributed by atoms with Gasteiger partial charge in [-0.3, -0.25) is 4.79 Å². The molecule has 0 aliphatic carbocycles. The van der Waals surface area contributed by atoms with Crippen molar-refractivity contribution < 1.29 is 4.79 Å². The minimum Gasteiger partial charge on any atom is -0.354 e. The molecule has 0 aromatic carbocycles. The second kappa shape index (κ2) is 6.36. The highest BCUT2D eigenvalue weighted by Gasteiger charge is 2.28. The van der Waals surface area contributed by atoms with Crippen LogP contribution in [-0.2, 0) is 4.79 Å². The molecule has 1 fully saturated rings. The number of carbonyl (C=O) groups excluding carboxylic acids is 1. The fourth-order valence-corrected chi connectivity index (χ4v) is 2.01. The van der Waals surface area contributed by atoms with E-state index in [-0.39, 0.29) is 11.3 Å². The Bertz CT molecular complexity index is 245. The SMILES string of the molecule is CC(C)NCC(=O)NCC1(C)CCN(C)CC1. The molecule has 0 aromatic heterocycles. The number of amides is 1. The molecule has 1 saturated heterocycles. The summed E-state index contributed by atoms with van der Waals surface area (Å²) in [7, 11) is 2.16. The normalized spacial score (nSPS) is 20.5. The molecule has 0 spiro atoms. The number of hydrogen-bond donors (Lipinski definition) is 2. The minimum atomic E-state index is 0.110. The summed E-state index contributed by atoms with van der Waals surface area (Å²) in [5, 5.41) is 6.18. The smallest absolute Gasteiger partial charge is 0.233 e. The average Bonchev–Trinajstić information content (AvgIpc) is 2.28. The first-order chi connectivity index (χ1) is 7.91. The fraction of sp³-hybridized carbons (Fsp3) is 0.923. The summed E-state index contributed by atoms with van der Waals surface area (Å²) in [6.45, 7) is 9.87. The van der Waals surface area contributed by atoms with Crippen LogP contribution in [0.15, 0.2) is 0 Å². The van der Waals surface area contributed by atoms with Crippen LogP contribution in [-0.4, -0.2) is 50.1 Å². The maximum atomic E-state index is 11.6. The molecule has 4 nitrogen and oxygen atoms in total. The van der Waals surface area contributed by atoms with E-state index in [9.17, 15) is 4.79 Å². The van der Waals surface area contributed by atoms with Crippen molar-refractivity contribution in [2.45, 2.75) is 39.7 Å². The summed E-state index contributed by atoms with van der Waals surface area (Å²) in [5.74, 6) is 0.110.